The first-order valence-corrected chi connectivity index (χ1v) is 15.4. The van der Waals surface area contributed by atoms with Gasteiger partial charge < -0.3 is 4.90 Å². The van der Waals surface area contributed by atoms with Crippen molar-refractivity contribution >= 4 is 63.0 Å². The van der Waals surface area contributed by atoms with Crippen molar-refractivity contribution in [2.45, 2.75) is 49.2 Å². The molecule has 1 aliphatic rings. The fourth-order valence-electron chi connectivity index (χ4n) is 4.01. The molecule has 5 rings (SSSR count). The highest BCUT2D eigenvalue weighted by molar-refractivity contribution is 8.08. The highest BCUT2D eigenvalue weighted by atomic mass is 32.2. The lowest BCUT2D eigenvalue weighted by molar-refractivity contribution is -0.685. The van der Waals surface area contributed by atoms with Crippen LogP contribution >= 0.6 is 46.2 Å². The van der Waals surface area contributed by atoms with Crippen molar-refractivity contribution in [3.63, 3.8) is 0 Å². The largest absolute Gasteiger partial charge is 0.446 e. The van der Waals surface area contributed by atoms with Crippen LogP contribution in [0.4, 0.5) is 23.2 Å². The van der Waals surface area contributed by atoms with Crippen molar-refractivity contribution in [1.82, 2.24) is 4.57 Å². The number of halogens is 4. The Morgan fingerprint density at radius 3 is 2.59 bits per heavy atom. The first-order valence-electron chi connectivity index (χ1n) is 12.1. The molecule has 39 heavy (non-hydrogen) atoms. The minimum Gasteiger partial charge on any atom is -0.337 e. The summed E-state index contributed by atoms with van der Waals surface area (Å²) in [7, 11) is 1.86. The Balaban J connectivity index is 0.00000172. The van der Waals surface area contributed by atoms with Gasteiger partial charge in [0.05, 0.1) is 17.1 Å². The molecule has 0 fully saturated rings. The van der Waals surface area contributed by atoms with Gasteiger partial charge in [0.1, 0.15) is 20.0 Å². The highest BCUT2D eigenvalue weighted by Crippen LogP contribution is 2.45. The lowest BCUT2D eigenvalue weighted by Gasteiger charge is -2.12. The number of aromatic nitrogens is 2. The number of nitrogens with zero attached hydrogens (tertiary/aromatic N) is 3. The number of rotatable bonds is 5. The van der Waals surface area contributed by atoms with Crippen molar-refractivity contribution in [3.05, 3.63) is 90.0 Å². The third-order valence-electron chi connectivity index (χ3n) is 5.72. The fourth-order valence-corrected chi connectivity index (χ4v) is 8.01. The first-order chi connectivity index (χ1) is 18.6. The van der Waals surface area contributed by atoms with Crippen molar-refractivity contribution in [2.75, 3.05) is 11.9 Å². The average molecular weight is 613 g/mol. The molecule has 12 heteroatoms. The van der Waals surface area contributed by atoms with Crippen molar-refractivity contribution in [2.24, 2.45) is 0 Å². The maximum atomic E-state index is 13.8. The molecule has 0 unspecified atom stereocenters. The Bertz CT molecular complexity index is 1660. The van der Waals surface area contributed by atoms with E-state index in [1.165, 1.54) is 52.6 Å². The SMILES string of the molecule is CC.CCn1c(=O)/c(=C2\Sc3cc(F)ccc3N2C)s/c1=C\c1scc[n+]1Cc1ccccc1SC(F)(F)F. The summed E-state index contributed by atoms with van der Waals surface area (Å²) in [6.07, 6.45) is 3.73. The number of hydrogen-bond acceptors (Lipinski definition) is 6. The lowest BCUT2D eigenvalue weighted by atomic mass is 10.2. The van der Waals surface area contributed by atoms with Crippen LogP contribution in [0.2, 0.25) is 0 Å². The van der Waals surface area contributed by atoms with E-state index in [0.29, 0.717) is 16.6 Å². The molecule has 0 amide bonds. The Morgan fingerprint density at radius 2 is 1.87 bits per heavy atom. The molecule has 4 nitrogen and oxygen atoms in total. The van der Waals surface area contributed by atoms with E-state index >= 15 is 0 Å². The van der Waals surface area contributed by atoms with Gasteiger partial charge in [-0.1, -0.05) is 55.1 Å². The van der Waals surface area contributed by atoms with Crippen LogP contribution in [0.25, 0.3) is 11.1 Å². The number of thioether (sulfide) groups is 2. The quantitative estimate of drug-likeness (QED) is 0.152. The van der Waals surface area contributed by atoms with Crippen molar-refractivity contribution < 1.29 is 22.1 Å². The predicted molar refractivity (Wildman–Crippen MR) is 154 cm³/mol. The summed E-state index contributed by atoms with van der Waals surface area (Å²) in [5.41, 5.74) is -3.10. The summed E-state index contributed by atoms with van der Waals surface area (Å²) in [6, 6.07) is 11.1. The van der Waals surface area contributed by atoms with Crippen LogP contribution in [0.15, 0.2) is 68.6 Å². The summed E-state index contributed by atoms with van der Waals surface area (Å²) in [5, 5.41) is 3.42. The normalized spacial score (nSPS) is 14.9. The van der Waals surface area contributed by atoms with E-state index in [1.807, 2.05) is 54.9 Å². The summed E-state index contributed by atoms with van der Waals surface area (Å²) < 4.78 is 57.8. The molecule has 0 atom stereocenters. The Morgan fingerprint density at radius 1 is 1.13 bits per heavy atom. The molecular weight excluding hydrogens is 587 g/mol. The zero-order chi connectivity index (χ0) is 28.3. The zero-order valence-corrected chi connectivity index (χ0v) is 24.8. The van der Waals surface area contributed by atoms with E-state index in [-0.39, 0.29) is 34.6 Å². The molecule has 0 saturated carbocycles. The predicted octanol–water partition coefficient (Wildman–Crippen LogP) is 6.24. The summed E-state index contributed by atoms with van der Waals surface area (Å²) in [6.45, 7) is 6.61. The minimum absolute atomic E-state index is 0.116. The molecule has 0 saturated heterocycles. The second-order valence-corrected chi connectivity index (χ2v) is 12.2. The summed E-state index contributed by atoms with van der Waals surface area (Å²) >= 11 is 4.05. The van der Waals surface area contributed by atoms with E-state index in [9.17, 15) is 22.4 Å². The second kappa shape index (κ2) is 12.3. The fraction of sp³-hybridized carbons (Fsp3) is 0.259. The van der Waals surface area contributed by atoms with E-state index in [4.69, 9.17) is 0 Å². The number of hydrogen-bond donors (Lipinski definition) is 0. The Kier molecular flexibility index (Phi) is 9.30. The Labute approximate surface area is 239 Å². The molecule has 3 heterocycles. The second-order valence-electron chi connectivity index (χ2n) is 8.07. The third kappa shape index (κ3) is 6.45. The van der Waals surface area contributed by atoms with Gasteiger partial charge >= 0.3 is 5.51 Å². The summed E-state index contributed by atoms with van der Waals surface area (Å²) in [4.78, 5) is 16.2. The van der Waals surface area contributed by atoms with Gasteiger partial charge in [0.2, 0.25) is 0 Å². The third-order valence-corrected chi connectivity index (χ3v) is 9.88. The molecule has 206 valence electrons. The van der Waals surface area contributed by atoms with Gasteiger partial charge in [-0.2, -0.15) is 17.7 Å². The molecule has 0 aliphatic carbocycles. The minimum atomic E-state index is -4.37. The van der Waals surface area contributed by atoms with Gasteiger partial charge in [-0.15, -0.1) is 11.3 Å². The van der Waals surface area contributed by atoms with Gasteiger partial charge in [0.25, 0.3) is 10.6 Å². The van der Waals surface area contributed by atoms with Gasteiger partial charge in [0, 0.05) is 28.9 Å². The molecular formula is C27H26F4N3OS4+. The number of alkyl halides is 3. The van der Waals surface area contributed by atoms with Gasteiger partial charge in [-0.25, -0.2) is 4.39 Å². The topological polar surface area (TPSA) is 29.1 Å². The summed E-state index contributed by atoms with van der Waals surface area (Å²) in [5.74, 6) is -0.329. The van der Waals surface area contributed by atoms with Crippen molar-refractivity contribution in [1.29, 1.82) is 0 Å². The van der Waals surface area contributed by atoms with Crippen LogP contribution in [0.1, 0.15) is 31.3 Å². The van der Waals surface area contributed by atoms with Gasteiger partial charge in [0.15, 0.2) is 12.7 Å². The molecule has 0 spiro atoms. The van der Waals surface area contributed by atoms with E-state index in [0.717, 1.165) is 25.3 Å². The highest BCUT2D eigenvalue weighted by Gasteiger charge is 2.31. The maximum Gasteiger partial charge on any atom is 0.446 e. The van der Waals surface area contributed by atoms with Crippen LogP contribution in [0.5, 0.6) is 0 Å². The lowest BCUT2D eigenvalue weighted by Crippen LogP contribution is -2.36. The van der Waals surface area contributed by atoms with Gasteiger partial charge in [-0.05, 0) is 43.0 Å². The number of fused-ring (bicyclic) bond motifs is 1. The van der Waals surface area contributed by atoms with E-state index in [2.05, 4.69) is 0 Å². The molecule has 0 bridgehead atoms. The number of benzene rings is 2. The van der Waals surface area contributed by atoms with Crippen LogP contribution in [0, 0.1) is 5.82 Å². The first kappa shape index (κ1) is 29.4. The van der Waals surface area contributed by atoms with Gasteiger partial charge in [-0.3, -0.25) is 9.36 Å². The monoisotopic (exact) mass is 612 g/mol. The van der Waals surface area contributed by atoms with Crippen LogP contribution in [-0.2, 0) is 13.1 Å². The molecule has 4 aromatic rings. The maximum absolute atomic E-state index is 13.8. The van der Waals surface area contributed by atoms with Crippen molar-refractivity contribution in [3.8, 4) is 0 Å². The molecule has 0 radical (unpaired) electrons. The molecule has 0 N–H and O–H groups in total. The van der Waals surface area contributed by atoms with Crippen LogP contribution < -0.4 is 24.2 Å². The average Bonchev–Trinajstić information content (AvgIpc) is 3.56. The van der Waals surface area contributed by atoms with Crippen LogP contribution in [-0.4, -0.2) is 17.1 Å². The standard InChI is InChI=1S/C25H20F4N3OS4.C2H6/c1-3-32-21(36-22(23(32)33)24-30(2)17-9-8-16(26)12-19(17)35-24)13-20-31(10-11-34-20)14-15-6-4-5-7-18(15)37-25(27,28)29;1-2/h4-13H,3,14H2,1-2H3;1-2H3/q+1;/b24-22+;. The molecule has 2 aromatic carbocycles. The zero-order valence-electron chi connectivity index (χ0n) is 21.6. The number of thiazole rings is 2. The van der Waals surface area contributed by atoms with E-state index in [1.54, 1.807) is 28.8 Å². The smallest absolute Gasteiger partial charge is 0.337 e. The van der Waals surface area contributed by atoms with Crippen LogP contribution in [0.3, 0.4) is 0 Å². The molecule has 1 aliphatic heterocycles. The molecule has 2 aromatic heterocycles. The number of anilines is 1. The van der Waals surface area contributed by atoms with E-state index < -0.39 is 5.51 Å². The Hall–Kier alpha value is -2.54.